The van der Waals surface area contributed by atoms with Gasteiger partial charge in [0.1, 0.15) is 24.2 Å². The molecule has 21 heavy (non-hydrogen) atoms. The zero-order valence-electron chi connectivity index (χ0n) is 11.5. The normalized spacial score (nSPS) is 12.1. The van der Waals surface area contributed by atoms with Crippen LogP contribution in [-0.2, 0) is 6.54 Å². The second-order valence-corrected chi connectivity index (χ2v) is 5.12. The second kappa shape index (κ2) is 7.88. The summed E-state index contributed by atoms with van der Waals surface area (Å²) in [5.41, 5.74) is 0.792. The van der Waals surface area contributed by atoms with Crippen LogP contribution in [0.1, 0.15) is 5.56 Å². The Morgan fingerprint density at radius 1 is 1.14 bits per heavy atom. The summed E-state index contributed by atoms with van der Waals surface area (Å²) < 4.78 is 5.45. The summed E-state index contributed by atoms with van der Waals surface area (Å²) in [6.07, 6.45) is -0.644. The van der Waals surface area contributed by atoms with E-state index in [1.807, 2.05) is 12.1 Å². The van der Waals surface area contributed by atoms with E-state index in [2.05, 4.69) is 5.32 Å². The highest BCUT2D eigenvalue weighted by molar-refractivity contribution is 6.30. The molecule has 0 saturated heterocycles. The standard InChI is InChI=1S/C16H18ClNO3/c17-13-5-3-6-15(8-13)21-11-14(19)10-18-9-12-4-1-2-7-16(12)20/h1-8,14,18-20H,9-11H2. The number of nitrogens with one attached hydrogen (secondary N) is 1. The van der Waals surface area contributed by atoms with Gasteiger partial charge >= 0.3 is 0 Å². The smallest absolute Gasteiger partial charge is 0.120 e. The number of para-hydroxylation sites is 1. The molecule has 0 aliphatic carbocycles. The van der Waals surface area contributed by atoms with Crippen molar-refractivity contribution >= 4 is 11.6 Å². The van der Waals surface area contributed by atoms with Crippen LogP contribution in [0.5, 0.6) is 11.5 Å². The van der Waals surface area contributed by atoms with Crippen LogP contribution in [0.2, 0.25) is 5.02 Å². The maximum atomic E-state index is 9.84. The SMILES string of the molecule is Oc1ccccc1CNCC(O)COc1cccc(Cl)c1. The lowest BCUT2D eigenvalue weighted by Crippen LogP contribution is -2.31. The summed E-state index contributed by atoms with van der Waals surface area (Å²) in [5.74, 6) is 0.872. The minimum Gasteiger partial charge on any atom is -0.508 e. The summed E-state index contributed by atoms with van der Waals surface area (Å²) in [6.45, 7) is 1.03. The summed E-state index contributed by atoms with van der Waals surface area (Å²) >= 11 is 5.85. The van der Waals surface area contributed by atoms with Gasteiger partial charge in [0.15, 0.2) is 0 Å². The van der Waals surface area contributed by atoms with Crippen LogP contribution >= 0.6 is 11.6 Å². The Bertz CT molecular complexity index is 577. The topological polar surface area (TPSA) is 61.7 Å². The summed E-state index contributed by atoms with van der Waals surface area (Å²) in [5, 5.41) is 23.1. The quantitative estimate of drug-likeness (QED) is 0.736. The highest BCUT2D eigenvalue weighted by atomic mass is 35.5. The molecule has 2 aromatic carbocycles. The van der Waals surface area contributed by atoms with Gasteiger partial charge in [0.2, 0.25) is 0 Å². The van der Waals surface area contributed by atoms with Crippen molar-refractivity contribution in [2.24, 2.45) is 0 Å². The van der Waals surface area contributed by atoms with E-state index in [9.17, 15) is 10.2 Å². The van der Waals surface area contributed by atoms with Gasteiger partial charge in [-0.3, -0.25) is 0 Å². The first-order valence-electron chi connectivity index (χ1n) is 6.69. The molecule has 0 saturated carbocycles. The van der Waals surface area contributed by atoms with Gasteiger partial charge in [-0.15, -0.1) is 0 Å². The van der Waals surface area contributed by atoms with Crippen molar-refractivity contribution in [1.29, 1.82) is 0 Å². The highest BCUT2D eigenvalue weighted by Gasteiger charge is 2.06. The summed E-state index contributed by atoms with van der Waals surface area (Å²) in [4.78, 5) is 0. The molecule has 3 N–H and O–H groups in total. The molecular weight excluding hydrogens is 290 g/mol. The number of benzene rings is 2. The van der Waals surface area contributed by atoms with E-state index in [0.29, 0.717) is 23.9 Å². The monoisotopic (exact) mass is 307 g/mol. The highest BCUT2D eigenvalue weighted by Crippen LogP contribution is 2.17. The third-order valence-electron chi connectivity index (χ3n) is 2.93. The molecule has 0 aliphatic rings. The molecule has 0 aromatic heterocycles. The van der Waals surface area contributed by atoms with E-state index in [-0.39, 0.29) is 12.4 Å². The van der Waals surface area contributed by atoms with Crippen LogP contribution in [0.4, 0.5) is 0 Å². The fourth-order valence-electron chi connectivity index (χ4n) is 1.84. The van der Waals surface area contributed by atoms with Crippen molar-refractivity contribution in [3.8, 4) is 11.5 Å². The van der Waals surface area contributed by atoms with E-state index in [0.717, 1.165) is 5.56 Å². The van der Waals surface area contributed by atoms with E-state index in [1.54, 1.807) is 36.4 Å². The predicted octanol–water partition coefficient (Wildman–Crippen LogP) is 2.58. The number of aromatic hydroxyl groups is 1. The van der Waals surface area contributed by atoms with Crippen LogP contribution in [0.3, 0.4) is 0 Å². The zero-order chi connectivity index (χ0) is 15.1. The van der Waals surface area contributed by atoms with Gasteiger partial charge in [-0.25, -0.2) is 0 Å². The van der Waals surface area contributed by atoms with Crippen molar-refractivity contribution in [1.82, 2.24) is 5.32 Å². The largest absolute Gasteiger partial charge is 0.508 e. The fraction of sp³-hybridized carbons (Fsp3) is 0.250. The minimum absolute atomic E-state index is 0.175. The number of ether oxygens (including phenoxy) is 1. The fourth-order valence-corrected chi connectivity index (χ4v) is 2.02. The van der Waals surface area contributed by atoms with E-state index < -0.39 is 6.10 Å². The number of hydrogen-bond donors (Lipinski definition) is 3. The van der Waals surface area contributed by atoms with Crippen molar-refractivity contribution in [2.75, 3.05) is 13.2 Å². The molecule has 0 heterocycles. The maximum Gasteiger partial charge on any atom is 0.120 e. The first kappa shape index (κ1) is 15.6. The van der Waals surface area contributed by atoms with Crippen molar-refractivity contribution in [2.45, 2.75) is 12.6 Å². The molecule has 4 nitrogen and oxygen atoms in total. The van der Waals surface area contributed by atoms with Crippen LogP contribution in [0.25, 0.3) is 0 Å². The van der Waals surface area contributed by atoms with Crippen molar-refractivity contribution < 1.29 is 14.9 Å². The Kier molecular flexibility index (Phi) is 5.87. The van der Waals surface area contributed by atoms with Crippen molar-refractivity contribution in [3.05, 3.63) is 59.1 Å². The predicted molar refractivity (Wildman–Crippen MR) is 82.8 cm³/mol. The summed E-state index contributed by atoms with van der Waals surface area (Å²) in [7, 11) is 0. The average molecular weight is 308 g/mol. The van der Waals surface area contributed by atoms with Crippen LogP contribution < -0.4 is 10.1 Å². The van der Waals surface area contributed by atoms with Gasteiger partial charge in [-0.05, 0) is 24.3 Å². The molecule has 1 unspecified atom stereocenters. The number of aliphatic hydroxyl groups is 1. The van der Waals surface area contributed by atoms with Gasteiger partial charge in [0.25, 0.3) is 0 Å². The van der Waals surface area contributed by atoms with Gasteiger partial charge in [0.05, 0.1) is 0 Å². The molecule has 2 rings (SSSR count). The average Bonchev–Trinajstić information content (AvgIpc) is 2.47. The zero-order valence-corrected chi connectivity index (χ0v) is 12.3. The second-order valence-electron chi connectivity index (χ2n) is 4.68. The van der Waals surface area contributed by atoms with Crippen LogP contribution in [0.15, 0.2) is 48.5 Å². The molecule has 0 aliphatic heterocycles. The number of rotatable bonds is 7. The van der Waals surface area contributed by atoms with E-state index >= 15 is 0 Å². The molecule has 0 amide bonds. The van der Waals surface area contributed by atoms with Crippen LogP contribution in [0, 0.1) is 0 Å². The number of aliphatic hydroxyl groups excluding tert-OH is 1. The van der Waals surface area contributed by atoms with Crippen molar-refractivity contribution in [3.63, 3.8) is 0 Å². The Labute approximate surface area is 129 Å². The number of hydrogen-bond acceptors (Lipinski definition) is 4. The Balaban J connectivity index is 1.70. The number of halogens is 1. The van der Waals surface area contributed by atoms with E-state index in [4.69, 9.17) is 16.3 Å². The minimum atomic E-state index is -0.644. The number of phenolic OH excluding ortho intramolecular Hbond substituents is 1. The van der Waals surface area contributed by atoms with Gasteiger partial charge < -0.3 is 20.3 Å². The molecule has 0 bridgehead atoms. The molecule has 0 spiro atoms. The van der Waals surface area contributed by atoms with Gasteiger partial charge in [-0.1, -0.05) is 35.9 Å². The van der Waals surface area contributed by atoms with Crippen LogP contribution in [-0.4, -0.2) is 29.5 Å². The first-order valence-corrected chi connectivity index (χ1v) is 7.07. The summed E-state index contributed by atoms with van der Waals surface area (Å²) in [6, 6.07) is 14.1. The van der Waals surface area contributed by atoms with Gasteiger partial charge in [0, 0.05) is 23.7 Å². The Morgan fingerprint density at radius 2 is 1.95 bits per heavy atom. The lowest BCUT2D eigenvalue weighted by atomic mass is 10.2. The first-order chi connectivity index (χ1) is 10.1. The molecule has 5 heteroatoms. The third kappa shape index (κ3) is 5.27. The van der Waals surface area contributed by atoms with E-state index in [1.165, 1.54) is 0 Å². The molecule has 0 radical (unpaired) electrons. The molecule has 112 valence electrons. The molecule has 2 aromatic rings. The lowest BCUT2D eigenvalue weighted by molar-refractivity contribution is 0.106. The Hall–Kier alpha value is -1.75. The molecule has 0 fully saturated rings. The molecular formula is C16H18ClNO3. The molecule has 1 atom stereocenters. The Morgan fingerprint density at radius 3 is 2.71 bits per heavy atom. The number of phenols is 1. The lowest BCUT2D eigenvalue weighted by Gasteiger charge is -2.13. The maximum absolute atomic E-state index is 9.84. The van der Waals surface area contributed by atoms with Gasteiger partial charge in [-0.2, -0.15) is 0 Å². The third-order valence-corrected chi connectivity index (χ3v) is 3.16.